The molecule has 0 spiro atoms. The number of aromatic nitrogens is 2. The van der Waals surface area contributed by atoms with Crippen molar-refractivity contribution < 1.29 is 9.18 Å². The van der Waals surface area contributed by atoms with E-state index in [0.717, 1.165) is 5.69 Å². The highest BCUT2D eigenvalue weighted by Gasteiger charge is 2.15. The van der Waals surface area contributed by atoms with Crippen LogP contribution in [0.2, 0.25) is 5.02 Å². The van der Waals surface area contributed by atoms with Crippen molar-refractivity contribution in [3.8, 4) is 0 Å². The second-order valence-corrected chi connectivity index (χ2v) is 5.85. The predicted octanol–water partition coefficient (Wildman–Crippen LogP) is 3.31. The van der Waals surface area contributed by atoms with Gasteiger partial charge in [-0.15, -0.1) is 0 Å². The molecule has 0 atom stereocenters. The lowest BCUT2D eigenvalue weighted by molar-refractivity contribution is 0.0944. The van der Waals surface area contributed by atoms with E-state index in [9.17, 15) is 9.18 Å². The second-order valence-electron chi connectivity index (χ2n) is 5.44. The first-order valence-electron chi connectivity index (χ1n) is 7.15. The normalized spacial score (nSPS) is 11.0. The summed E-state index contributed by atoms with van der Waals surface area (Å²) in [7, 11) is 1.73. The monoisotopic (exact) mass is 323 g/mol. The lowest BCUT2D eigenvalue weighted by atomic mass is 10.1. The van der Waals surface area contributed by atoms with Gasteiger partial charge < -0.3 is 5.32 Å². The van der Waals surface area contributed by atoms with Crippen LogP contribution < -0.4 is 5.32 Å². The van der Waals surface area contributed by atoms with E-state index in [2.05, 4.69) is 10.4 Å². The minimum absolute atomic E-state index is 0.227. The summed E-state index contributed by atoms with van der Waals surface area (Å²) < 4.78 is 15.2. The molecule has 2 aromatic rings. The molecule has 0 radical (unpaired) electrons. The largest absolute Gasteiger partial charge is 0.350 e. The molecule has 0 unspecified atom stereocenters. The van der Waals surface area contributed by atoms with Crippen LogP contribution in [0, 0.1) is 5.82 Å². The van der Waals surface area contributed by atoms with Crippen LogP contribution in [0.15, 0.2) is 24.3 Å². The molecule has 6 heteroatoms. The van der Waals surface area contributed by atoms with E-state index in [1.807, 2.05) is 13.8 Å². The summed E-state index contributed by atoms with van der Waals surface area (Å²) in [5, 5.41) is 7.44. The first kappa shape index (κ1) is 16.5. The number of halogens is 2. The van der Waals surface area contributed by atoms with Gasteiger partial charge in [-0.1, -0.05) is 31.5 Å². The van der Waals surface area contributed by atoms with Gasteiger partial charge in [0, 0.05) is 24.2 Å². The fourth-order valence-corrected chi connectivity index (χ4v) is 2.40. The zero-order valence-corrected chi connectivity index (χ0v) is 13.6. The standard InChI is InChI=1S/C16H19ClFN3O/c1-10(2)14-9-15(21(3)20-14)16(22)19-8-7-11-12(17)5-4-6-13(11)18/h4-6,9-10H,7-8H2,1-3H3,(H,19,22). The Morgan fingerprint density at radius 2 is 2.18 bits per heavy atom. The van der Waals surface area contributed by atoms with Gasteiger partial charge in [-0.2, -0.15) is 5.10 Å². The highest BCUT2D eigenvalue weighted by molar-refractivity contribution is 6.31. The second kappa shape index (κ2) is 6.92. The van der Waals surface area contributed by atoms with E-state index in [0.29, 0.717) is 29.2 Å². The molecule has 22 heavy (non-hydrogen) atoms. The van der Waals surface area contributed by atoms with Crippen molar-refractivity contribution >= 4 is 17.5 Å². The van der Waals surface area contributed by atoms with Crippen LogP contribution >= 0.6 is 11.6 Å². The third-order valence-corrected chi connectivity index (χ3v) is 3.80. The van der Waals surface area contributed by atoms with Crippen molar-refractivity contribution in [3.05, 3.63) is 52.1 Å². The van der Waals surface area contributed by atoms with Gasteiger partial charge in [-0.25, -0.2) is 4.39 Å². The highest BCUT2D eigenvalue weighted by Crippen LogP contribution is 2.19. The molecule has 0 fully saturated rings. The molecule has 0 aliphatic rings. The maximum atomic E-state index is 13.6. The van der Waals surface area contributed by atoms with E-state index in [1.165, 1.54) is 6.07 Å². The van der Waals surface area contributed by atoms with Crippen molar-refractivity contribution in [1.82, 2.24) is 15.1 Å². The van der Waals surface area contributed by atoms with E-state index < -0.39 is 0 Å². The number of hydrogen-bond acceptors (Lipinski definition) is 2. The number of amides is 1. The molecule has 1 N–H and O–H groups in total. The van der Waals surface area contributed by atoms with Crippen LogP contribution in [-0.2, 0) is 13.5 Å². The topological polar surface area (TPSA) is 46.9 Å². The number of aryl methyl sites for hydroxylation is 1. The maximum absolute atomic E-state index is 13.6. The molecule has 0 saturated heterocycles. The van der Waals surface area contributed by atoms with Crippen LogP contribution in [0.25, 0.3) is 0 Å². The Morgan fingerprint density at radius 1 is 1.45 bits per heavy atom. The molecule has 4 nitrogen and oxygen atoms in total. The molecule has 0 bridgehead atoms. The summed E-state index contributed by atoms with van der Waals surface area (Å²) in [5.74, 6) is -0.330. The number of rotatable bonds is 5. The SMILES string of the molecule is CC(C)c1cc(C(=O)NCCc2c(F)cccc2Cl)n(C)n1. The summed E-state index contributed by atoms with van der Waals surface area (Å²) >= 11 is 5.96. The zero-order chi connectivity index (χ0) is 16.3. The van der Waals surface area contributed by atoms with Crippen LogP contribution in [-0.4, -0.2) is 22.2 Å². The molecule has 2 rings (SSSR count). The smallest absolute Gasteiger partial charge is 0.269 e. The van der Waals surface area contributed by atoms with Crippen molar-refractivity contribution in [2.45, 2.75) is 26.2 Å². The molecule has 1 heterocycles. The Balaban J connectivity index is 1.99. The van der Waals surface area contributed by atoms with Crippen molar-refractivity contribution in [2.75, 3.05) is 6.54 Å². The Hall–Kier alpha value is -1.88. The third kappa shape index (κ3) is 3.65. The fourth-order valence-electron chi connectivity index (χ4n) is 2.15. The Labute approximate surface area is 134 Å². The number of carbonyl (C=O) groups is 1. The molecular formula is C16H19ClFN3O. The number of carbonyl (C=O) groups excluding carboxylic acids is 1. The molecule has 0 aliphatic heterocycles. The summed E-state index contributed by atoms with van der Waals surface area (Å²) in [4.78, 5) is 12.2. The lowest BCUT2D eigenvalue weighted by Crippen LogP contribution is -2.27. The quantitative estimate of drug-likeness (QED) is 0.917. The van der Waals surface area contributed by atoms with Gasteiger partial charge >= 0.3 is 0 Å². The Bertz CT molecular complexity index is 662. The number of nitrogens with one attached hydrogen (secondary N) is 1. The van der Waals surface area contributed by atoms with Gasteiger partial charge in [-0.05, 0) is 30.5 Å². The fraction of sp³-hybridized carbons (Fsp3) is 0.375. The average Bonchev–Trinajstić information content (AvgIpc) is 2.84. The molecule has 0 saturated carbocycles. The average molecular weight is 324 g/mol. The number of benzene rings is 1. The van der Waals surface area contributed by atoms with Gasteiger partial charge in [0.05, 0.1) is 5.69 Å². The number of nitrogens with zero attached hydrogens (tertiary/aromatic N) is 2. The van der Waals surface area contributed by atoms with Crippen LogP contribution in [0.5, 0.6) is 0 Å². The third-order valence-electron chi connectivity index (χ3n) is 3.45. The van der Waals surface area contributed by atoms with Crippen LogP contribution in [0.3, 0.4) is 0 Å². The molecule has 0 aliphatic carbocycles. The Kier molecular flexibility index (Phi) is 5.19. The molecule has 118 valence electrons. The summed E-state index contributed by atoms with van der Waals surface area (Å²) in [6.45, 7) is 4.34. The van der Waals surface area contributed by atoms with E-state index in [-0.39, 0.29) is 17.6 Å². The maximum Gasteiger partial charge on any atom is 0.269 e. The minimum Gasteiger partial charge on any atom is -0.350 e. The molecular weight excluding hydrogens is 305 g/mol. The highest BCUT2D eigenvalue weighted by atomic mass is 35.5. The zero-order valence-electron chi connectivity index (χ0n) is 12.9. The van der Waals surface area contributed by atoms with Gasteiger partial charge in [0.15, 0.2) is 0 Å². The summed E-state index contributed by atoms with van der Waals surface area (Å²) in [6, 6.07) is 6.33. The lowest BCUT2D eigenvalue weighted by Gasteiger charge is -2.07. The number of hydrogen-bond donors (Lipinski definition) is 1. The molecule has 1 aromatic heterocycles. The summed E-state index contributed by atoms with van der Waals surface area (Å²) in [5.41, 5.74) is 1.77. The van der Waals surface area contributed by atoms with Crippen molar-refractivity contribution in [3.63, 3.8) is 0 Å². The first-order chi connectivity index (χ1) is 10.4. The van der Waals surface area contributed by atoms with E-state index >= 15 is 0 Å². The minimum atomic E-state index is -0.357. The van der Waals surface area contributed by atoms with E-state index in [4.69, 9.17) is 11.6 Å². The van der Waals surface area contributed by atoms with Crippen LogP contribution in [0.4, 0.5) is 4.39 Å². The predicted molar refractivity (Wildman–Crippen MR) is 84.7 cm³/mol. The van der Waals surface area contributed by atoms with Gasteiger partial charge in [-0.3, -0.25) is 9.48 Å². The van der Waals surface area contributed by atoms with Gasteiger partial charge in [0.25, 0.3) is 5.91 Å². The summed E-state index contributed by atoms with van der Waals surface area (Å²) in [6.07, 6.45) is 0.339. The molecule has 1 amide bonds. The van der Waals surface area contributed by atoms with Crippen molar-refractivity contribution in [2.24, 2.45) is 7.05 Å². The van der Waals surface area contributed by atoms with Crippen molar-refractivity contribution in [1.29, 1.82) is 0 Å². The van der Waals surface area contributed by atoms with E-state index in [1.54, 1.807) is 29.9 Å². The Morgan fingerprint density at radius 3 is 2.77 bits per heavy atom. The van der Waals surface area contributed by atoms with Gasteiger partial charge in [0.2, 0.25) is 0 Å². The van der Waals surface area contributed by atoms with Crippen LogP contribution in [0.1, 0.15) is 41.5 Å². The molecule has 1 aromatic carbocycles. The first-order valence-corrected chi connectivity index (χ1v) is 7.53. The van der Waals surface area contributed by atoms with Gasteiger partial charge in [0.1, 0.15) is 11.5 Å².